The van der Waals surface area contributed by atoms with E-state index < -0.39 is 5.82 Å². The number of phenols is 1. The molecule has 0 aliphatic carbocycles. The molecule has 0 bridgehead atoms. The van der Waals surface area contributed by atoms with Crippen molar-refractivity contribution in [3.05, 3.63) is 29.1 Å². The van der Waals surface area contributed by atoms with Gasteiger partial charge in [-0.3, -0.25) is 0 Å². The number of hydrogen-bond acceptors (Lipinski definition) is 2. The fraction of sp³-hybridized carbons (Fsp3) is 0.250. The predicted octanol–water partition coefficient (Wildman–Crippen LogP) is 1.30. The molecule has 0 aliphatic heterocycles. The standard InChI is InChI=1S/C8H10FNO/c1-5-2-3-7(9)8(11)6(5)4-10/h2-3,11H,4,10H2,1H3. The summed E-state index contributed by atoms with van der Waals surface area (Å²) in [5, 5.41) is 9.12. The minimum Gasteiger partial charge on any atom is -0.505 e. The zero-order valence-electron chi connectivity index (χ0n) is 6.26. The van der Waals surface area contributed by atoms with E-state index >= 15 is 0 Å². The Labute approximate surface area is 64.5 Å². The van der Waals surface area contributed by atoms with Gasteiger partial charge in [0.05, 0.1) is 0 Å². The Morgan fingerprint density at radius 3 is 2.64 bits per heavy atom. The van der Waals surface area contributed by atoms with Crippen LogP contribution in [0.15, 0.2) is 12.1 Å². The molecule has 0 spiro atoms. The summed E-state index contributed by atoms with van der Waals surface area (Å²) in [6, 6.07) is 2.82. The second-order valence-electron chi connectivity index (χ2n) is 2.40. The number of halogens is 1. The van der Waals surface area contributed by atoms with Gasteiger partial charge < -0.3 is 10.8 Å². The molecular formula is C8H10FNO. The van der Waals surface area contributed by atoms with Crippen LogP contribution in [-0.2, 0) is 6.54 Å². The van der Waals surface area contributed by atoms with Crippen molar-refractivity contribution >= 4 is 0 Å². The molecule has 0 aromatic heterocycles. The number of aryl methyl sites for hydroxylation is 1. The van der Waals surface area contributed by atoms with Crippen LogP contribution in [0.4, 0.5) is 4.39 Å². The number of aromatic hydroxyl groups is 1. The van der Waals surface area contributed by atoms with E-state index in [4.69, 9.17) is 10.8 Å². The van der Waals surface area contributed by atoms with E-state index in [1.54, 1.807) is 13.0 Å². The highest BCUT2D eigenvalue weighted by atomic mass is 19.1. The Balaban J connectivity index is 3.29. The molecule has 0 fully saturated rings. The van der Waals surface area contributed by atoms with Gasteiger partial charge >= 0.3 is 0 Å². The summed E-state index contributed by atoms with van der Waals surface area (Å²) in [4.78, 5) is 0. The van der Waals surface area contributed by atoms with Gasteiger partial charge in [0.2, 0.25) is 0 Å². The molecular weight excluding hydrogens is 145 g/mol. The van der Waals surface area contributed by atoms with Gasteiger partial charge in [-0.25, -0.2) is 4.39 Å². The molecule has 1 aromatic carbocycles. The van der Waals surface area contributed by atoms with E-state index in [1.807, 2.05) is 0 Å². The summed E-state index contributed by atoms with van der Waals surface area (Å²) in [7, 11) is 0. The molecule has 0 aliphatic rings. The van der Waals surface area contributed by atoms with Crippen LogP contribution in [0, 0.1) is 12.7 Å². The molecule has 1 rings (SSSR count). The molecule has 0 saturated heterocycles. The maximum atomic E-state index is 12.6. The van der Waals surface area contributed by atoms with Crippen molar-refractivity contribution in [1.82, 2.24) is 0 Å². The summed E-state index contributed by atoms with van der Waals surface area (Å²) in [6.45, 7) is 1.94. The third kappa shape index (κ3) is 1.33. The topological polar surface area (TPSA) is 46.2 Å². The van der Waals surface area contributed by atoms with Crippen LogP contribution in [0.5, 0.6) is 5.75 Å². The fourth-order valence-corrected chi connectivity index (χ4v) is 0.966. The van der Waals surface area contributed by atoms with E-state index in [0.717, 1.165) is 5.56 Å². The van der Waals surface area contributed by atoms with Crippen LogP contribution < -0.4 is 5.73 Å². The van der Waals surface area contributed by atoms with Crippen LogP contribution in [0.25, 0.3) is 0 Å². The molecule has 3 heteroatoms. The van der Waals surface area contributed by atoms with Crippen molar-refractivity contribution in [2.24, 2.45) is 5.73 Å². The molecule has 60 valence electrons. The first-order valence-corrected chi connectivity index (χ1v) is 3.34. The first-order valence-electron chi connectivity index (χ1n) is 3.34. The summed E-state index contributed by atoms with van der Waals surface area (Å²) < 4.78 is 12.6. The number of rotatable bonds is 1. The summed E-state index contributed by atoms with van der Waals surface area (Å²) in [5.74, 6) is -0.941. The lowest BCUT2D eigenvalue weighted by atomic mass is 10.1. The van der Waals surface area contributed by atoms with Crippen LogP contribution in [0.1, 0.15) is 11.1 Å². The van der Waals surface area contributed by atoms with Crippen LogP contribution in [-0.4, -0.2) is 5.11 Å². The van der Waals surface area contributed by atoms with Gasteiger partial charge in [0.1, 0.15) is 0 Å². The van der Waals surface area contributed by atoms with Gasteiger partial charge in [0.15, 0.2) is 11.6 Å². The largest absolute Gasteiger partial charge is 0.505 e. The van der Waals surface area contributed by atoms with Crippen molar-refractivity contribution in [2.75, 3.05) is 0 Å². The van der Waals surface area contributed by atoms with Gasteiger partial charge in [-0.15, -0.1) is 0 Å². The first kappa shape index (κ1) is 8.01. The molecule has 0 saturated carbocycles. The Bertz CT molecular complexity index is 273. The smallest absolute Gasteiger partial charge is 0.165 e. The number of nitrogens with two attached hydrogens (primary N) is 1. The zero-order valence-corrected chi connectivity index (χ0v) is 6.26. The lowest BCUT2D eigenvalue weighted by Gasteiger charge is -2.05. The second-order valence-corrected chi connectivity index (χ2v) is 2.40. The highest BCUT2D eigenvalue weighted by Gasteiger charge is 2.07. The minimum absolute atomic E-state index is 0.162. The van der Waals surface area contributed by atoms with E-state index in [1.165, 1.54) is 6.07 Å². The Kier molecular flexibility index (Phi) is 2.10. The quantitative estimate of drug-likeness (QED) is 0.642. The molecule has 11 heavy (non-hydrogen) atoms. The third-order valence-electron chi connectivity index (χ3n) is 1.67. The molecule has 1 aromatic rings. The lowest BCUT2D eigenvalue weighted by Crippen LogP contribution is -2.00. The second kappa shape index (κ2) is 2.88. The normalized spacial score (nSPS) is 10.1. The number of benzene rings is 1. The monoisotopic (exact) mass is 155 g/mol. The fourth-order valence-electron chi connectivity index (χ4n) is 0.966. The average Bonchev–Trinajstić information content (AvgIpc) is 1.99. The maximum Gasteiger partial charge on any atom is 0.165 e. The average molecular weight is 155 g/mol. The van der Waals surface area contributed by atoms with Gasteiger partial charge in [-0.05, 0) is 18.6 Å². The Morgan fingerprint density at radius 1 is 1.55 bits per heavy atom. The first-order chi connectivity index (χ1) is 5.16. The van der Waals surface area contributed by atoms with Gasteiger partial charge in [0.25, 0.3) is 0 Å². The van der Waals surface area contributed by atoms with Crippen LogP contribution >= 0.6 is 0 Å². The van der Waals surface area contributed by atoms with E-state index in [2.05, 4.69) is 0 Å². The molecule has 0 unspecified atom stereocenters. The minimum atomic E-state index is -0.615. The van der Waals surface area contributed by atoms with Gasteiger partial charge in [0, 0.05) is 12.1 Å². The van der Waals surface area contributed by atoms with Crippen molar-refractivity contribution in [1.29, 1.82) is 0 Å². The summed E-state index contributed by atoms with van der Waals surface area (Å²) in [6.07, 6.45) is 0. The third-order valence-corrected chi connectivity index (χ3v) is 1.67. The van der Waals surface area contributed by atoms with Crippen molar-refractivity contribution in [3.8, 4) is 5.75 Å². The van der Waals surface area contributed by atoms with Gasteiger partial charge in [-0.1, -0.05) is 6.07 Å². The van der Waals surface area contributed by atoms with E-state index in [0.29, 0.717) is 5.56 Å². The molecule has 0 atom stereocenters. The van der Waals surface area contributed by atoms with Crippen molar-refractivity contribution in [2.45, 2.75) is 13.5 Å². The molecule has 0 heterocycles. The summed E-state index contributed by atoms with van der Waals surface area (Å²) >= 11 is 0. The Hall–Kier alpha value is -1.09. The zero-order chi connectivity index (χ0) is 8.43. The van der Waals surface area contributed by atoms with Gasteiger partial charge in [-0.2, -0.15) is 0 Å². The highest BCUT2D eigenvalue weighted by Crippen LogP contribution is 2.23. The maximum absolute atomic E-state index is 12.6. The van der Waals surface area contributed by atoms with Crippen molar-refractivity contribution in [3.63, 3.8) is 0 Å². The Morgan fingerprint density at radius 2 is 2.18 bits per heavy atom. The lowest BCUT2D eigenvalue weighted by molar-refractivity contribution is 0.425. The molecule has 0 amide bonds. The SMILES string of the molecule is Cc1ccc(F)c(O)c1CN. The summed E-state index contributed by atoms with van der Waals surface area (Å²) in [5.41, 5.74) is 6.58. The van der Waals surface area contributed by atoms with E-state index in [9.17, 15) is 4.39 Å². The molecule has 2 nitrogen and oxygen atoms in total. The molecule has 0 radical (unpaired) electrons. The van der Waals surface area contributed by atoms with Crippen LogP contribution in [0.3, 0.4) is 0 Å². The van der Waals surface area contributed by atoms with E-state index in [-0.39, 0.29) is 12.3 Å². The molecule has 3 N–H and O–H groups in total. The number of phenolic OH excluding ortho intramolecular Hbond substituents is 1. The van der Waals surface area contributed by atoms with Crippen molar-refractivity contribution < 1.29 is 9.50 Å². The highest BCUT2D eigenvalue weighted by molar-refractivity contribution is 5.39. The van der Waals surface area contributed by atoms with Crippen LogP contribution in [0.2, 0.25) is 0 Å². The number of hydrogen-bond donors (Lipinski definition) is 2. The predicted molar refractivity (Wildman–Crippen MR) is 40.7 cm³/mol.